The lowest BCUT2D eigenvalue weighted by molar-refractivity contribution is -0.127. The minimum atomic E-state index is -3.86. The predicted octanol–water partition coefficient (Wildman–Crippen LogP) is 0.568. The maximum absolute atomic E-state index is 13.2. The summed E-state index contributed by atoms with van der Waals surface area (Å²) in [5, 5.41) is 0. The lowest BCUT2D eigenvalue weighted by atomic mass is 10.2. The van der Waals surface area contributed by atoms with Crippen molar-refractivity contribution in [1.29, 1.82) is 0 Å². The highest BCUT2D eigenvalue weighted by molar-refractivity contribution is 7.89. The van der Waals surface area contributed by atoms with Crippen molar-refractivity contribution in [3.05, 3.63) is 30.1 Å². The smallest absolute Gasteiger partial charge is 0.417 e. The second-order valence-electron chi connectivity index (χ2n) is 5.08. The van der Waals surface area contributed by atoms with Gasteiger partial charge < -0.3 is 4.74 Å². The van der Waals surface area contributed by atoms with E-state index in [0.717, 1.165) is 21.3 Å². The molecule has 0 aliphatic carbocycles. The van der Waals surface area contributed by atoms with E-state index in [1.54, 1.807) is 0 Å². The fraction of sp³-hybridized carbons (Fsp3) is 0.385. The Morgan fingerprint density at radius 2 is 2.05 bits per heavy atom. The topological polar surface area (TPSA) is 84.0 Å². The lowest BCUT2D eigenvalue weighted by Crippen LogP contribution is -2.42. The van der Waals surface area contributed by atoms with Crippen LogP contribution in [0.25, 0.3) is 0 Å². The molecule has 3 rings (SSSR count). The number of amides is 2. The molecule has 7 nitrogen and oxygen atoms in total. The molecule has 2 fully saturated rings. The van der Waals surface area contributed by atoms with Gasteiger partial charge in [-0.15, -0.1) is 0 Å². The highest BCUT2D eigenvalue weighted by atomic mass is 32.2. The number of imide groups is 1. The molecule has 1 atom stereocenters. The van der Waals surface area contributed by atoms with Gasteiger partial charge in [-0.05, 0) is 24.6 Å². The molecule has 0 aromatic heterocycles. The molecule has 0 bridgehead atoms. The van der Waals surface area contributed by atoms with Crippen molar-refractivity contribution in [2.75, 3.05) is 19.7 Å². The molecule has 2 aliphatic heterocycles. The molecule has 2 aliphatic rings. The molecule has 1 aromatic rings. The van der Waals surface area contributed by atoms with Crippen molar-refractivity contribution in [2.45, 2.75) is 17.4 Å². The van der Waals surface area contributed by atoms with E-state index in [2.05, 4.69) is 4.74 Å². The van der Waals surface area contributed by atoms with E-state index in [1.165, 1.54) is 12.1 Å². The summed E-state index contributed by atoms with van der Waals surface area (Å²) in [5.74, 6) is -1.12. The Bertz CT molecular complexity index is 720. The van der Waals surface area contributed by atoms with Gasteiger partial charge in [-0.3, -0.25) is 4.79 Å². The zero-order valence-corrected chi connectivity index (χ0v) is 12.3. The molecule has 9 heteroatoms. The quantitative estimate of drug-likeness (QED) is 0.810. The van der Waals surface area contributed by atoms with Crippen molar-refractivity contribution < 1.29 is 27.1 Å². The Kier molecular flexibility index (Phi) is 3.61. The number of sulfonamides is 1. The molecule has 2 heterocycles. The predicted molar refractivity (Wildman–Crippen MR) is 71.8 cm³/mol. The summed E-state index contributed by atoms with van der Waals surface area (Å²) < 4.78 is 43.9. The van der Waals surface area contributed by atoms with E-state index in [0.29, 0.717) is 6.42 Å². The first-order valence-electron chi connectivity index (χ1n) is 6.64. The summed E-state index contributed by atoms with van der Waals surface area (Å²) in [6, 6.07) is 4.17. The third-order valence-corrected chi connectivity index (χ3v) is 5.57. The number of carbonyl (C=O) groups is 2. The maximum Gasteiger partial charge on any atom is 0.417 e. The van der Waals surface area contributed by atoms with Crippen molar-refractivity contribution in [2.24, 2.45) is 0 Å². The van der Waals surface area contributed by atoms with E-state index in [1.807, 2.05) is 0 Å². The van der Waals surface area contributed by atoms with Gasteiger partial charge in [0.25, 0.3) is 5.91 Å². The largest absolute Gasteiger partial charge is 0.439 e. The molecule has 1 unspecified atom stereocenters. The molecule has 1 aromatic carbocycles. The Labute approximate surface area is 126 Å². The van der Waals surface area contributed by atoms with Gasteiger partial charge >= 0.3 is 6.09 Å². The van der Waals surface area contributed by atoms with Crippen molar-refractivity contribution in [1.82, 2.24) is 9.21 Å². The zero-order chi connectivity index (χ0) is 15.9. The molecule has 0 N–H and O–H groups in total. The lowest BCUT2D eigenvalue weighted by Gasteiger charge is -2.20. The van der Waals surface area contributed by atoms with Crippen LogP contribution in [-0.2, 0) is 19.6 Å². The van der Waals surface area contributed by atoms with Crippen molar-refractivity contribution in [3.63, 3.8) is 0 Å². The number of halogens is 1. The van der Waals surface area contributed by atoms with Crippen LogP contribution >= 0.6 is 0 Å². The third kappa shape index (κ3) is 2.46. The summed E-state index contributed by atoms with van der Waals surface area (Å²) in [4.78, 5) is 23.9. The number of hydrogen-bond donors (Lipinski definition) is 0. The Morgan fingerprint density at radius 1 is 1.27 bits per heavy atom. The standard InChI is InChI=1S/C13H13FN2O5S/c14-9-2-1-3-11(6-9)22(19,20)15-5-4-10(7-15)16-12(17)8-21-13(16)18/h1-3,6,10H,4-5,7-8H2. The average molecular weight is 328 g/mol. The van der Waals surface area contributed by atoms with Crippen LogP contribution in [0.5, 0.6) is 0 Å². The van der Waals surface area contributed by atoms with Gasteiger partial charge in [0.05, 0.1) is 10.9 Å². The minimum absolute atomic E-state index is 0.0142. The number of ether oxygens (including phenoxy) is 1. The van der Waals surface area contributed by atoms with Gasteiger partial charge in [0.2, 0.25) is 10.0 Å². The van der Waals surface area contributed by atoms with E-state index in [9.17, 15) is 22.4 Å². The van der Waals surface area contributed by atoms with Crippen LogP contribution < -0.4 is 0 Å². The molecule has 22 heavy (non-hydrogen) atoms. The van der Waals surface area contributed by atoms with E-state index < -0.39 is 33.9 Å². The van der Waals surface area contributed by atoms with Gasteiger partial charge in [0, 0.05) is 13.1 Å². The highest BCUT2D eigenvalue weighted by Crippen LogP contribution is 2.25. The Hall–Kier alpha value is -2.00. The molecule has 0 radical (unpaired) electrons. The minimum Gasteiger partial charge on any atom is -0.439 e. The van der Waals surface area contributed by atoms with Gasteiger partial charge in [0.15, 0.2) is 6.61 Å². The molecule has 118 valence electrons. The SMILES string of the molecule is O=C1COC(=O)N1C1CCN(S(=O)(=O)c2cccc(F)c2)C1. The number of rotatable bonds is 3. The number of carbonyl (C=O) groups excluding carboxylic acids is 2. The second kappa shape index (κ2) is 5.33. The van der Waals surface area contributed by atoms with Crippen LogP contribution in [0.2, 0.25) is 0 Å². The van der Waals surface area contributed by atoms with Crippen LogP contribution in [0.1, 0.15) is 6.42 Å². The molecular formula is C13H13FN2O5S. The van der Waals surface area contributed by atoms with E-state index in [4.69, 9.17) is 0 Å². The first-order chi connectivity index (χ1) is 10.4. The Balaban J connectivity index is 1.80. The maximum atomic E-state index is 13.2. The normalized spacial score (nSPS) is 23.1. The summed E-state index contributed by atoms with van der Waals surface area (Å²) in [5.41, 5.74) is 0. The second-order valence-corrected chi connectivity index (χ2v) is 7.02. The van der Waals surface area contributed by atoms with Gasteiger partial charge in [-0.25, -0.2) is 22.5 Å². The van der Waals surface area contributed by atoms with Crippen molar-refractivity contribution >= 4 is 22.0 Å². The van der Waals surface area contributed by atoms with Crippen LogP contribution in [0.15, 0.2) is 29.2 Å². The van der Waals surface area contributed by atoms with Crippen LogP contribution in [0, 0.1) is 5.82 Å². The zero-order valence-electron chi connectivity index (χ0n) is 11.4. The first-order valence-corrected chi connectivity index (χ1v) is 8.08. The number of hydrogen-bond acceptors (Lipinski definition) is 5. The summed E-state index contributed by atoms with van der Waals surface area (Å²) in [6.07, 6.45) is -0.421. The number of nitrogens with zero attached hydrogens (tertiary/aromatic N) is 2. The summed E-state index contributed by atoms with van der Waals surface area (Å²) >= 11 is 0. The van der Waals surface area contributed by atoms with Crippen LogP contribution in [0.4, 0.5) is 9.18 Å². The summed E-state index contributed by atoms with van der Waals surface area (Å²) in [7, 11) is -3.86. The molecule has 2 amide bonds. The fourth-order valence-corrected chi connectivity index (χ4v) is 4.16. The van der Waals surface area contributed by atoms with Crippen molar-refractivity contribution in [3.8, 4) is 0 Å². The van der Waals surface area contributed by atoms with Gasteiger partial charge in [-0.1, -0.05) is 6.07 Å². The van der Waals surface area contributed by atoms with Gasteiger partial charge in [0.1, 0.15) is 5.82 Å². The average Bonchev–Trinajstić information content (AvgIpc) is 3.06. The number of benzene rings is 1. The number of cyclic esters (lactones) is 1. The third-order valence-electron chi connectivity index (χ3n) is 3.71. The van der Waals surface area contributed by atoms with Gasteiger partial charge in [-0.2, -0.15) is 4.31 Å². The molecule has 0 saturated carbocycles. The monoisotopic (exact) mass is 328 g/mol. The first kappa shape index (κ1) is 14.9. The molecular weight excluding hydrogens is 315 g/mol. The molecule has 0 spiro atoms. The fourth-order valence-electron chi connectivity index (χ4n) is 2.63. The van der Waals surface area contributed by atoms with Crippen LogP contribution in [-0.4, -0.2) is 55.4 Å². The van der Waals surface area contributed by atoms with E-state index >= 15 is 0 Å². The Morgan fingerprint density at radius 3 is 2.68 bits per heavy atom. The van der Waals surface area contributed by atoms with E-state index in [-0.39, 0.29) is 24.6 Å². The highest BCUT2D eigenvalue weighted by Gasteiger charge is 2.43. The summed E-state index contributed by atoms with van der Waals surface area (Å²) in [6.45, 7) is -0.174. The molecule has 2 saturated heterocycles. The van der Waals surface area contributed by atoms with Crippen LogP contribution in [0.3, 0.4) is 0 Å².